The lowest BCUT2D eigenvalue weighted by Gasteiger charge is -2.34. The maximum absolute atomic E-state index is 11.4. The summed E-state index contributed by atoms with van der Waals surface area (Å²) >= 11 is 0. The second-order valence-electron chi connectivity index (χ2n) is 5.82. The predicted molar refractivity (Wildman–Crippen MR) is 83.6 cm³/mol. The fourth-order valence-electron chi connectivity index (χ4n) is 2.26. The summed E-state index contributed by atoms with van der Waals surface area (Å²) in [7, 11) is 0.582. The first-order valence-electron chi connectivity index (χ1n) is 7.41. The number of aliphatic hydroxyl groups excluding tert-OH is 2. The highest BCUT2D eigenvalue weighted by Crippen LogP contribution is 2.30. The first kappa shape index (κ1) is 22.0. The summed E-state index contributed by atoms with van der Waals surface area (Å²) < 4.78 is 21.2. The molecule has 0 spiro atoms. The van der Waals surface area contributed by atoms with Gasteiger partial charge in [-0.05, 0) is 18.0 Å². The van der Waals surface area contributed by atoms with Crippen molar-refractivity contribution in [2.75, 3.05) is 27.4 Å². The Labute approximate surface area is 137 Å². The zero-order valence-corrected chi connectivity index (χ0v) is 15.5. The van der Waals surface area contributed by atoms with Gasteiger partial charge in [-0.2, -0.15) is 0 Å². The molecule has 0 radical (unpaired) electrons. The topological polar surface area (TPSA) is 112 Å². The smallest absolute Gasteiger partial charge is 0.338 e. The fraction of sp³-hybridized carbons (Fsp3) is 0.857. The maximum atomic E-state index is 11.4. The van der Waals surface area contributed by atoms with E-state index in [4.69, 9.17) is 28.5 Å². The Morgan fingerprint density at radius 3 is 1.78 bits per heavy atom. The summed E-state index contributed by atoms with van der Waals surface area (Å²) in [5.74, 6) is -3.12. The molecule has 8 nitrogen and oxygen atoms in total. The number of ether oxygens (including phenoxy) is 2. The Morgan fingerprint density at radius 1 is 1.04 bits per heavy atom. The molecule has 0 aliphatic rings. The number of carbonyl (C=O) groups is 2. The molecule has 0 aliphatic carbocycles. The molecular formula is C14H28O8Si. The van der Waals surface area contributed by atoms with Gasteiger partial charge in [-0.1, -0.05) is 13.8 Å². The molecule has 0 atom stereocenters. The van der Waals surface area contributed by atoms with Crippen molar-refractivity contribution in [2.45, 2.75) is 45.1 Å². The van der Waals surface area contributed by atoms with Crippen LogP contribution in [0.2, 0.25) is 12.1 Å². The number of aliphatic hydroxyl groups is 2. The lowest BCUT2D eigenvalue weighted by Crippen LogP contribution is -2.45. The van der Waals surface area contributed by atoms with Crippen LogP contribution < -0.4 is 0 Å². The average molecular weight is 352 g/mol. The Balaban J connectivity index is 5.11. The molecule has 0 saturated carbocycles. The molecule has 0 fully saturated rings. The minimum atomic E-state index is -2.55. The van der Waals surface area contributed by atoms with Crippen LogP contribution in [0.3, 0.4) is 0 Å². The SMILES string of the molecule is CO[Si](CCC(C)(OC(=O)CO)OC(=O)CO)(CC(C)C)OC. The van der Waals surface area contributed by atoms with E-state index < -0.39 is 39.5 Å². The van der Waals surface area contributed by atoms with Crippen LogP contribution in [0.1, 0.15) is 27.2 Å². The van der Waals surface area contributed by atoms with E-state index in [0.29, 0.717) is 12.0 Å². The van der Waals surface area contributed by atoms with E-state index in [2.05, 4.69) is 0 Å². The predicted octanol–water partition coefficient (Wildman–Crippen LogP) is 0.555. The van der Waals surface area contributed by atoms with Crippen molar-refractivity contribution in [1.29, 1.82) is 0 Å². The molecule has 0 aromatic carbocycles. The summed E-state index contributed by atoms with van der Waals surface area (Å²) in [5.41, 5.74) is 0. The zero-order chi connectivity index (χ0) is 18.1. The van der Waals surface area contributed by atoms with Crippen molar-refractivity contribution in [1.82, 2.24) is 0 Å². The molecule has 0 saturated heterocycles. The Kier molecular flexibility index (Phi) is 9.55. The van der Waals surface area contributed by atoms with Crippen LogP contribution in [0.15, 0.2) is 0 Å². The van der Waals surface area contributed by atoms with Gasteiger partial charge < -0.3 is 28.5 Å². The lowest BCUT2D eigenvalue weighted by molar-refractivity contribution is -0.227. The molecule has 0 heterocycles. The van der Waals surface area contributed by atoms with Gasteiger partial charge in [0.2, 0.25) is 0 Å². The molecule has 0 aromatic heterocycles. The van der Waals surface area contributed by atoms with E-state index in [1.54, 1.807) is 14.2 Å². The molecular weight excluding hydrogens is 324 g/mol. The number of hydrogen-bond acceptors (Lipinski definition) is 8. The second kappa shape index (κ2) is 9.99. The Bertz CT molecular complexity index is 363. The van der Waals surface area contributed by atoms with Gasteiger partial charge in [0.05, 0.1) is 0 Å². The van der Waals surface area contributed by atoms with Gasteiger partial charge in [-0.25, -0.2) is 9.59 Å². The van der Waals surface area contributed by atoms with Crippen LogP contribution in [0.4, 0.5) is 0 Å². The van der Waals surface area contributed by atoms with Crippen molar-refractivity contribution in [3.8, 4) is 0 Å². The highest BCUT2D eigenvalue weighted by Gasteiger charge is 2.42. The van der Waals surface area contributed by atoms with E-state index in [1.807, 2.05) is 13.8 Å². The molecule has 23 heavy (non-hydrogen) atoms. The fourth-order valence-corrected chi connectivity index (χ4v) is 5.46. The highest BCUT2D eigenvalue weighted by atomic mass is 28.4. The quantitative estimate of drug-likeness (QED) is 0.315. The number of carbonyl (C=O) groups excluding carboxylic acids is 2. The van der Waals surface area contributed by atoms with Gasteiger partial charge in [-0.3, -0.25) is 0 Å². The van der Waals surface area contributed by atoms with Crippen LogP contribution in [0.5, 0.6) is 0 Å². The first-order chi connectivity index (χ1) is 10.7. The first-order valence-corrected chi connectivity index (χ1v) is 9.64. The largest absolute Gasteiger partial charge is 0.421 e. The minimum absolute atomic E-state index is 0.130. The monoisotopic (exact) mass is 352 g/mol. The molecule has 0 aromatic rings. The number of esters is 2. The van der Waals surface area contributed by atoms with Gasteiger partial charge in [0.25, 0.3) is 5.79 Å². The summed E-state index contributed by atoms with van der Waals surface area (Å²) in [6, 6.07) is 1.13. The minimum Gasteiger partial charge on any atom is -0.421 e. The summed E-state index contributed by atoms with van der Waals surface area (Å²) in [5, 5.41) is 17.6. The zero-order valence-electron chi connectivity index (χ0n) is 14.5. The standard InChI is InChI=1S/C14H28O8Si/c1-11(2)10-23(19-4,20-5)7-6-14(3,21-12(17)8-15)22-13(18)9-16/h11,15-16H,6-10H2,1-5H3. The van der Waals surface area contributed by atoms with Crippen molar-refractivity contribution in [2.24, 2.45) is 5.92 Å². The Hall–Kier alpha value is -1.00. The van der Waals surface area contributed by atoms with Gasteiger partial charge in [-0.15, -0.1) is 0 Å². The van der Waals surface area contributed by atoms with Crippen molar-refractivity contribution < 1.29 is 38.1 Å². The van der Waals surface area contributed by atoms with E-state index in [1.165, 1.54) is 6.92 Å². The average Bonchev–Trinajstić information content (AvgIpc) is 2.50. The third-order valence-electron chi connectivity index (χ3n) is 3.34. The third kappa shape index (κ3) is 7.89. The van der Waals surface area contributed by atoms with E-state index in [-0.39, 0.29) is 6.42 Å². The van der Waals surface area contributed by atoms with Gasteiger partial charge in [0.1, 0.15) is 13.2 Å². The van der Waals surface area contributed by atoms with Crippen LogP contribution in [0.25, 0.3) is 0 Å². The molecule has 0 aliphatic heterocycles. The number of rotatable bonds is 11. The van der Waals surface area contributed by atoms with Crippen LogP contribution in [-0.4, -0.2) is 63.9 Å². The maximum Gasteiger partial charge on any atom is 0.338 e. The molecule has 0 unspecified atom stereocenters. The van der Waals surface area contributed by atoms with Crippen molar-refractivity contribution in [3.63, 3.8) is 0 Å². The molecule has 2 N–H and O–H groups in total. The third-order valence-corrected chi connectivity index (χ3v) is 7.28. The molecule has 0 bridgehead atoms. The normalized spacial score (nSPS) is 12.3. The molecule has 0 rings (SSSR count). The van der Waals surface area contributed by atoms with E-state index in [9.17, 15) is 9.59 Å². The molecule has 9 heteroatoms. The van der Waals surface area contributed by atoms with Gasteiger partial charge >= 0.3 is 20.5 Å². The molecule has 0 amide bonds. The van der Waals surface area contributed by atoms with Crippen LogP contribution >= 0.6 is 0 Å². The Morgan fingerprint density at radius 2 is 1.48 bits per heavy atom. The van der Waals surface area contributed by atoms with Crippen molar-refractivity contribution in [3.05, 3.63) is 0 Å². The van der Waals surface area contributed by atoms with Gasteiger partial charge in [0, 0.05) is 27.6 Å². The van der Waals surface area contributed by atoms with E-state index >= 15 is 0 Å². The van der Waals surface area contributed by atoms with E-state index in [0.717, 1.165) is 6.04 Å². The van der Waals surface area contributed by atoms with Crippen LogP contribution in [-0.2, 0) is 27.9 Å². The van der Waals surface area contributed by atoms with Crippen LogP contribution in [0, 0.1) is 5.92 Å². The van der Waals surface area contributed by atoms with Crippen molar-refractivity contribution >= 4 is 20.5 Å². The molecule has 136 valence electrons. The second-order valence-corrected chi connectivity index (χ2v) is 9.36. The number of hydrogen-bond donors (Lipinski definition) is 2. The highest BCUT2D eigenvalue weighted by molar-refractivity contribution is 6.67. The lowest BCUT2D eigenvalue weighted by atomic mass is 10.2. The summed E-state index contributed by atoms with van der Waals surface area (Å²) in [6.45, 7) is 3.80. The summed E-state index contributed by atoms with van der Waals surface area (Å²) in [6.07, 6.45) is 0.130. The van der Waals surface area contributed by atoms with Gasteiger partial charge in [0.15, 0.2) is 0 Å². The summed E-state index contributed by atoms with van der Waals surface area (Å²) in [4.78, 5) is 22.7.